The first kappa shape index (κ1) is 21.4. The summed E-state index contributed by atoms with van der Waals surface area (Å²) < 4.78 is 16.3. The molecule has 2 amide bonds. The molecule has 0 aliphatic carbocycles. The molecule has 0 radical (unpaired) electrons. The molecule has 0 aromatic heterocycles. The second-order valence-electron chi connectivity index (χ2n) is 7.68. The molecule has 0 bridgehead atoms. The lowest BCUT2D eigenvalue weighted by Gasteiger charge is -2.18. The number of rotatable bonds is 6. The molecule has 170 valence electrons. The third-order valence-corrected chi connectivity index (χ3v) is 5.62. The molecular weight excluding hydrogens is 438 g/mol. The highest BCUT2D eigenvalue weighted by molar-refractivity contribution is 6.21. The van der Waals surface area contributed by atoms with Gasteiger partial charge in [-0.1, -0.05) is 30.3 Å². The van der Waals surface area contributed by atoms with Crippen LogP contribution < -0.4 is 9.47 Å². The standard InChI is InChI=1S/C26H19NO7/c28-23(16-9-10-21-22(15-16)33-14-13-32-21)17-5-1-4-8-20(17)26(31)34-12-11-27-24(29)18-6-2-3-7-19(18)25(27)30/h1-10,15H,11-14H2. The van der Waals surface area contributed by atoms with Crippen LogP contribution in [0, 0.1) is 0 Å². The largest absolute Gasteiger partial charge is 0.486 e. The minimum absolute atomic E-state index is 0.0869. The number of fused-ring (bicyclic) bond motifs is 2. The van der Waals surface area contributed by atoms with Gasteiger partial charge in [0.1, 0.15) is 19.8 Å². The fourth-order valence-electron chi connectivity index (χ4n) is 3.95. The Hall–Kier alpha value is -4.46. The van der Waals surface area contributed by atoms with Gasteiger partial charge in [-0.3, -0.25) is 19.3 Å². The molecule has 2 aliphatic heterocycles. The maximum Gasteiger partial charge on any atom is 0.338 e. The Labute approximate surface area is 194 Å². The molecule has 0 saturated carbocycles. The van der Waals surface area contributed by atoms with Crippen LogP contribution in [0.4, 0.5) is 0 Å². The number of imide groups is 1. The summed E-state index contributed by atoms with van der Waals surface area (Å²) in [5, 5.41) is 0. The van der Waals surface area contributed by atoms with Crippen LogP contribution in [0.5, 0.6) is 11.5 Å². The number of ketones is 1. The molecule has 3 aromatic rings. The molecule has 2 aliphatic rings. The van der Waals surface area contributed by atoms with Crippen molar-refractivity contribution in [1.82, 2.24) is 4.90 Å². The lowest BCUT2D eigenvalue weighted by atomic mass is 9.98. The Bertz CT molecular complexity index is 1300. The van der Waals surface area contributed by atoms with Crippen LogP contribution in [0.1, 0.15) is 47.0 Å². The van der Waals surface area contributed by atoms with E-state index in [0.29, 0.717) is 41.4 Å². The van der Waals surface area contributed by atoms with E-state index in [-0.39, 0.29) is 30.1 Å². The highest BCUT2D eigenvalue weighted by Gasteiger charge is 2.35. The van der Waals surface area contributed by atoms with E-state index in [0.717, 1.165) is 4.90 Å². The van der Waals surface area contributed by atoms with Crippen molar-refractivity contribution in [2.45, 2.75) is 0 Å². The van der Waals surface area contributed by atoms with Crippen LogP contribution in [0.2, 0.25) is 0 Å². The van der Waals surface area contributed by atoms with Gasteiger partial charge in [-0.15, -0.1) is 0 Å². The SMILES string of the molecule is O=C(OCCN1C(=O)c2ccccc2C1=O)c1ccccc1C(=O)c1ccc2c(c1)OCCO2. The number of carbonyl (C=O) groups excluding carboxylic acids is 4. The van der Waals surface area contributed by atoms with Crippen molar-refractivity contribution < 1.29 is 33.4 Å². The monoisotopic (exact) mass is 457 g/mol. The fourth-order valence-corrected chi connectivity index (χ4v) is 3.95. The van der Waals surface area contributed by atoms with Crippen LogP contribution in [-0.4, -0.2) is 54.8 Å². The molecule has 0 unspecified atom stereocenters. The van der Waals surface area contributed by atoms with Crippen LogP contribution in [0.3, 0.4) is 0 Å². The third-order valence-electron chi connectivity index (χ3n) is 5.62. The van der Waals surface area contributed by atoms with Gasteiger partial charge < -0.3 is 14.2 Å². The van der Waals surface area contributed by atoms with E-state index < -0.39 is 17.8 Å². The lowest BCUT2D eigenvalue weighted by molar-refractivity contribution is 0.0419. The Kier molecular flexibility index (Phi) is 5.55. The first-order valence-corrected chi connectivity index (χ1v) is 10.7. The summed E-state index contributed by atoms with van der Waals surface area (Å²) in [6.45, 7) is 0.545. The van der Waals surface area contributed by atoms with E-state index in [1.807, 2.05) is 0 Å². The molecule has 5 rings (SSSR count). The minimum atomic E-state index is -0.724. The van der Waals surface area contributed by atoms with Crippen LogP contribution >= 0.6 is 0 Å². The van der Waals surface area contributed by atoms with Crippen molar-refractivity contribution in [3.8, 4) is 11.5 Å². The number of carbonyl (C=O) groups is 4. The second kappa shape index (κ2) is 8.82. The highest BCUT2D eigenvalue weighted by atomic mass is 16.6. The zero-order valence-corrected chi connectivity index (χ0v) is 18.0. The number of nitrogens with zero attached hydrogens (tertiary/aromatic N) is 1. The van der Waals surface area contributed by atoms with Crippen LogP contribution in [0.25, 0.3) is 0 Å². The van der Waals surface area contributed by atoms with Gasteiger partial charge in [0, 0.05) is 11.1 Å². The molecule has 8 heteroatoms. The van der Waals surface area contributed by atoms with Gasteiger partial charge in [0.15, 0.2) is 17.3 Å². The predicted octanol–water partition coefficient (Wildman–Crippen LogP) is 3.14. The quantitative estimate of drug-likeness (QED) is 0.319. The van der Waals surface area contributed by atoms with Gasteiger partial charge in [0.2, 0.25) is 0 Å². The summed E-state index contributed by atoms with van der Waals surface area (Å²) >= 11 is 0. The molecule has 0 N–H and O–H groups in total. The molecular formula is C26H19NO7. The Morgan fingerprint density at radius 2 is 1.41 bits per heavy atom. The molecule has 34 heavy (non-hydrogen) atoms. The first-order valence-electron chi connectivity index (χ1n) is 10.7. The number of hydrogen-bond acceptors (Lipinski definition) is 7. The van der Waals surface area contributed by atoms with Crippen LogP contribution in [-0.2, 0) is 4.74 Å². The lowest BCUT2D eigenvalue weighted by Crippen LogP contribution is -2.33. The van der Waals surface area contributed by atoms with Crippen molar-refractivity contribution >= 4 is 23.6 Å². The Morgan fingerprint density at radius 1 is 0.794 bits per heavy atom. The fraction of sp³-hybridized carbons (Fsp3) is 0.154. The van der Waals surface area contributed by atoms with Gasteiger partial charge in [-0.05, 0) is 36.4 Å². The smallest absolute Gasteiger partial charge is 0.338 e. The van der Waals surface area contributed by atoms with E-state index in [4.69, 9.17) is 14.2 Å². The molecule has 0 saturated heterocycles. The van der Waals surface area contributed by atoms with Crippen LogP contribution in [0.15, 0.2) is 66.7 Å². The molecule has 8 nitrogen and oxygen atoms in total. The summed E-state index contributed by atoms with van der Waals surface area (Å²) in [6, 6.07) is 17.7. The molecule has 0 fully saturated rings. The average Bonchev–Trinajstić information content (AvgIpc) is 3.13. The van der Waals surface area contributed by atoms with Gasteiger partial charge in [-0.25, -0.2) is 4.79 Å². The number of amides is 2. The summed E-state index contributed by atoms with van der Waals surface area (Å²) in [6.07, 6.45) is 0. The minimum Gasteiger partial charge on any atom is -0.486 e. The molecule has 0 atom stereocenters. The van der Waals surface area contributed by atoms with E-state index >= 15 is 0 Å². The molecule has 0 spiro atoms. The molecule has 2 heterocycles. The van der Waals surface area contributed by atoms with E-state index in [2.05, 4.69) is 0 Å². The predicted molar refractivity (Wildman–Crippen MR) is 119 cm³/mol. The topological polar surface area (TPSA) is 99.2 Å². The van der Waals surface area contributed by atoms with Gasteiger partial charge >= 0.3 is 5.97 Å². The number of hydrogen-bond donors (Lipinski definition) is 0. The summed E-state index contributed by atoms with van der Waals surface area (Å²) in [4.78, 5) is 51.9. The van der Waals surface area contributed by atoms with Gasteiger partial charge in [0.25, 0.3) is 11.8 Å². The number of esters is 1. The first-order chi connectivity index (χ1) is 16.5. The third kappa shape index (κ3) is 3.79. The van der Waals surface area contributed by atoms with E-state index in [1.54, 1.807) is 60.7 Å². The number of ether oxygens (including phenoxy) is 3. The van der Waals surface area contributed by atoms with Crippen molar-refractivity contribution in [3.05, 3.63) is 94.5 Å². The number of benzene rings is 3. The molecule has 3 aromatic carbocycles. The maximum absolute atomic E-state index is 13.2. The van der Waals surface area contributed by atoms with E-state index in [9.17, 15) is 19.2 Å². The van der Waals surface area contributed by atoms with Crippen molar-refractivity contribution in [2.24, 2.45) is 0 Å². The Balaban J connectivity index is 1.28. The van der Waals surface area contributed by atoms with Gasteiger partial charge in [0.05, 0.1) is 23.2 Å². The Morgan fingerprint density at radius 3 is 2.12 bits per heavy atom. The van der Waals surface area contributed by atoms with Crippen molar-refractivity contribution in [2.75, 3.05) is 26.4 Å². The summed E-state index contributed by atoms with van der Waals surface area (Å²) in [5.41, 5.74) is 1.26. The highest BCUT2D eigenvalue weighted by Crippen LogP contribution is 2.32. The average molecular weight is 457 g/mol. The normalized spacial score (nSPS) is 14.1. The summed E-state index contributed by atoms with van der Waals surface area (Å²) in [7, 11) is 0. The maximum atomic E-state index is 13.2. The van der Waals surface area contributed by atoms with Gasteiger partial charge in [-0.2, -0.15) is 0 Å². The second-order valence-corrected chi connectivity index (χ2v) is 7.68. The van der Waals surface area contributed by atoms with E-state index in [1.165, 1.54) is 6.07 Å². The van der Waals surface area contributed by atoms with Crippen molar-refractivity contribution in [1.29, 1.82) is 0 Å². The zero-order valence-electron chi connectivity index (χ0n) is 18.0. The van der Waals surface area contributed by atoms with Crippen molar-refractivity contribution in [3.63, 3.8) is 0 Å². The zero-order chi connectivity index (χ0) is 23.7. The summed E-state index contributed by atoms with van der Waals surface area (Å²) in [5.74, 6) is -0.915.